The van der Waals surface area contributed by atoms with E-state index in [9.17, 15) is 4.79 Å². The minimum Gasteiger partial charge on any atom is -0.497 e. The fourth-order valence-corrected chi connectivity index (χ4v) is 4.60. The quantitative estimate of drug-likeness (QED) is 0.904. The lowest BCUT2D eigenvalue weighted by Crippen LogP contribution is -2.18. The molecule has 3 aliphatic carbocycles. The van der Waals surface area contributed by atoms with Gasteiger partial charge in [0.25, 0.3) is 0 Å². The van der Waals surface area contributed by atoms with Crippen LogP contribution in [0.1, 0.15) is 19.3 Å². The van der Waals surface area contributed by atoms with Gasteiger partial charge >= 0.3 is 0 Å². The van der Waals surface area contributed by atoms with Gasteiger partial charge in [0.15, 0.2) is 0 Å². The number of anilines is 1. The average Bonchev–Trinajstić information content (AvgIpc) is 2.88. The molecule has 4 atom stereocenters. The number of amides is 1. The van der Waals surface area contributed by atoms with Crippen LogP contribution in [0, 0.1) is 29.6 Å². The minimum atomic E-state index is 0.222. The SMILES string of the molecule is COc1cccc(NC(=O)C2C3C4CCC(C4)C23)c1. The van der Waals surface area contributed by atoms with E-state index in [-0.39, 0.29) is 11.8 Å². The molecule has 1 aromatic carbocycles. The van der Waals surface area contributed by atoms with Gasteiger partial charge in [-0.2, -0.15) is 0 Å². The summed E-state index contributed by atoms with van der Waals surface area (Å²) in [7, 11) is 1.64. The molecule has 3 aliphatic rings. The highest BCUT2D eigenvalue weighted by Gasteiger charge is 2.67. The van der Waals surface area contributed by atoms with Crippen LogP contribution in [0.2, 0.25) is 0 Å². The van der Waals surface area contributed by atoms with E-state index in [4.69, 9.17) is 4.74 Å². The van der Waals surface area contributed by atoms with Crippen molar-refractivity contribution in [2.45, 2.75) is 19.3 Å². The first-order valence-corrected chi connectivity index (χ1v) is 7.23. The van der Waals surface area contributed by atoms with Crippen molar-refractivity contribution >= 4 is 11.6 Å². The molecule has 1 amide bonds. The molecule has 0 radical (unpaired) electrons. The maximum absolute atomic E-state index is 12.4. The van der Waals surface area contributed by atoms with Crippen LogP contribution in [0.5, 0.6) is 5.75 Å². The fraction of sp³-hybridized carbons (Fsp3) is 0.562. The molecule has 0 heterocycles. The lowest BCUT2D eigenvalue weighted by atomic mass is 10.0. The molecular weight excluding hydrogens is 238 g/mol. The van der Waals surface area contributed by atoms with Gasteiger partial charge < -0.3 is 10.1 Å². The van der Waals surface area contributed by atoms with Crippen molar-refractivity contribution in [3.63, 3.8) is 0 Å². The standard InChI is InChI=1S/C16H19NO2/c1-19-12-4-2-3-11(8-12)17-16(18)15-13-9-5-6-10(7-9)14(13)15/h2-4,8-10,13-15H,5-7H2,1H3,(H,17,18). The van der Waals surface area contributed by atoms with Crippen molar-refractivity contribution in [3.05, 3.63) is 24.3 Å². The first kappa shape index (κ1) is 11.3. The summed E-state index contributed by atoms with van der Waals surface area (Å²) in [6.45, 7) is 0. The van der Waals surface area contributed by atoms with Crippen molar-refractivity contribution in [1.82, 2.24) is 0 Å². The zero-order valence-electron chi connectivity index (χ0n) is 11.1. The molecule has 3 nitrogen and oxygen atoms in total. The fourth-order valence-electron chi connectivity index (χ4n) is 4.60. The van der Waals surface area contributed by atoms with Crippen LogP contribution in [0.3, 0.4) is 0 Å². The second-order valence-corrected chi connectivity index (χ2v) is 6.23. The number of rotatable bonds is 3. The van der Waals surface area contributed by atoms with Crippen LogP contribution in [-0.2, 0) is 4.79 Å². The van der Waals surface area contributed by atoms with Crippen LogP contribution in [0.25, 0.3) is 0 Å². The van der Waals surface area contributed by atoms with E-state index in [2.05, 4.69) is 5.32 Å². The van der Waals surface area contributed by atoms with E-state index in [1.165, 1.54) is 19.3 Å². The third-order valence-electron chi connectivity index (χ3n) is 5.38. The van der Waals surface area contributed by atoms with Crippen molar-refractivity contribution in [2.24, 2.45) is 29.6 Å². The lowest BCUT2D eigenvalue weighted by Gasteiger charge is -2.10. The number of carbonyl (C=O) groups is 1. The minimum absolute atomic E-state index is 0.222. The molecule has 0 spiro atoms. The van der Waals surface area contributed by atoms with Gasteiger partial charge in [0.05, 0.1) is 7.11 Å². The van der Waals surface area contributed by atoms with E-state index in [0.717, 1.165) is 23.3 Å². The highest BCUT2D eigenvalue weighted by Crippen LogP contribution is 2.69. The Balaban J connectivity index is 1.45. The molecular formula is C16H19NO2. The summed E-state index contributed by atoms with van der Waals surface area (Å²) in [6.07, 6.45) is 4.10. The molecule has 4 unspecified atom stereocenters. The summed E-state index contributed by atoms with van der Waals surface area (Å²) < 4.78 is 5.18. The van der Waals surface area contributed by atoms with E-state index in [1.807, 2.05) is 24.3 Å². The molecule has 3 saturated carbocycles. The molecule has 100 valence electrons. The summed E-state index contributed by atoms with van der Waals surface area (Å²) in [5.41, 5.74) is 0.849. The summed E-state index contributed by atoms with van der Waals surface area (Å²) in [5, 5.41) is 3.06. The zero-order chi connectivity index (χ0) is 13.0. The lowest BCUT2D eigenvalue weighted by molar-refractivity contribution is -0.118. The first-order valence-electron chi connectivity index (χ1n) is 7.23. The second kappa shape index (κ2) is 3.99. The van der Waals surface area contributed by atoms with Crippen LogP contribution >= 0.6 is 0 Å². The Bertz CT molecular complexity index is 511. The smallest absolute Gasteiger partial charge is 0.228 e. The highest BCUT2D eigenvalue weighted by atomic mass is 16.5. The number of benzene rings is 1. The maximum atomic E-state index is 12.4. The first-order chi connectivity index (χ1) is 9.28. The van der Waals surface area contributed by atoms with E-state index in [0.29, 0.717) is 11.8 Å². The van der Waals surface area contributed by atoms with Crippen molar-refractivity contribution in [1.29, 1.82) is 0 Å². The molecule has 0 saturated heterocycles. The molecule has 3 fully saturated rings. The van der Waals surface area contributed by atoms with E-state index < -0.39 is 0 Å². The van der Waals surface area contributed by atoms with Gasteiger partial charge in [-0.25, -0.2) is 0 Å². The molecule has 2 bridgehead atoms. The molecule has 19 heavy (non-hydrogen) atoms. The Hall–Kier alpha value is -1.51. The van der Waals surface area contributed by atoms with E-state index >= 15 is 0 Å². The Morgan fingerprint density at radius 1 is 1.26 bits per heavy atom. The van der Waals surface area contributed by atoms with Crippen LogP contribution in [-0.4, -0.2) is 13.0 Å². The second-order valence-electron chi connectivity index (χ2n) is 6.23. The number of nitrogens with one attached hydrogen (secondary N) is 1. The largest absolute Gasteiger partial charge is 0.497 e. The summed E-state index contributed by atoms with van der Waals surface area (Å²) in [6, 6.07) is 7.60. The van der Waals surface area contributed by atoms with Gasteiger partial charge in [-0.15, -0.1) is 0 Å². The zero-order valence-corrected chi connectivity index (χ0v) is 11.1. The van der Waals surface area contributed by atoms with Crippen molar-refractivity contribution < 1.29 is 9.53 Å². The van der Waals surface area contributed by atoms with Crippen molar-refractivity contribution in [3.8, 4) is 5.75 Å². The molecule has 3 heteroatoms. The molecule has 1 N–H and O–H groups in total. The highest BCUT2D eigenvalue weighted by molar-refractivity contribution is 5.95. The molecule has 4 rings (SSSR count). The Kier molecular flexibility index (Phi) is 2.38. The summed E-state index contributed by atoms with van der Waals surface area (Å²) in [5.74, 6) is 4.38. The van der Waals surface area contributed by atoms with Gasteiger partial charge in [0.1, 0.15) is 5.75 Å². The van der Waals surface area contributed by atoms with Gasteiger partial charge in [0.2, 0.25) is 5.91 Å². The third-order valence-corrected chi connectivity index (χ3v) is 5.38. The Labute approximate surface area is 113 Å². The number of hydrogen-bond acceptors (Lipinski definition) is 2. The predicted molar refractivity (Wildman–Crippen MR) is 72.9 cm³/mol. The number of hydrogen-bond donors (Lipinski definition) is 1. The van der Waals surface area contributed by atoms with Crippen LogP contribution in [0.4, 0.5) is 5.69 Å². The monoisotopic (exact) mass is 257 g/mol. The van der Waals surface area contributed by atoms with Gasteiger partial charge in [0, 0.05) is 17.7 Å². The van der Waals surface area contributed by atoms with Gasteiger partial charge in [-0.3, -0.25) is 4.79 Å². The van der Waals surface area contributed by atoms with Gasteiger partial charge in [-0.1, -0.05) is 6.07 Å². The van der Waals surface area contributed by atoms with Crippen LogP contribution < -0.4 is 10.1 Å². The number of carbonyl (C=O) groups excluding carboxylic acids is 1. The average molecular weight is 257 g/mol. The predicted octanol–water partition coefficient (Wildman–Crippen LogP) is 2.93. The number of methoxy groups -OCH3 is 1. The summed E-state index contributed by atoms with van der Waals surface area (Å²) >= 11 is 0. The number of fused-ring (bicyclic) bond motifs is 5. The van der Waals surface area contributed by atoms with E-state index in [1.54, 1.807) is 7.11 Å². The van der Waals surface area contributed by atoms with Crippen molar-refractivity contribution in [2.75, 3.05) is 12.4 Å². The molecule has 0 aromatic heterocycles. The number of ether oxygens (including phenoxy) is 1. The molecule has 1 aromatic rings. The topological polar surface area (TPSA) is 38.3 Å². The van der Waals surface area contributed by atoms with Gasteiger partial charge in [-0.05, 0) is 55.1 Å². The Morgan fingerprint density at radius 3 is 2.68 bits per heavy atom. The normalized spacial score (nSPS) is 37.8. The Morgan fingerprint density at radius 2 is 2.00 bits per heavy atom. The van der Waals surface area contributed by atoms with Crippen LogP contribution in [0.15, 0.2) is 24.3 Å². The summed E-state index contributed by atoms with van der Waals surface area (Å²) in [4.78, 5) is 12.4. The maximum Gasteiger partial charge on any atom is 0.228 e. The third kappa shape index (κ3) is 1.67. The molecule has 0 aliphatic heterocycles.